The fourth-order valence-corrected chi connectivity index (χ4v) is 2.89. The van der Waals surface area contributed by atoms with E-state index in [1.54, 1.807) is 14.0 Å². The summed E-state index contributed by atoms with van der Waals surface area (Å²) in [6.45, 7) is 4.00. The lowest BCUT2D eigenvalue weighted by Crippen LogP contribution is -2.38. The number of nitrogens with zero attached hydrogens (tertiary/aromatic N) is 1. The van der Waals surface area contributed by atoms with Gasteiger partial charge in [0.05, 0.1) is 32.5 Å². The van der Waals surface area contributed by atoms with Crippen LogP contribution in [-0.4, -0.2) is 49.7 Å². The van der Waals surface area contributed by atoms with E-state index < -0.39 is 6.10 Å². The molecule has 1 aliphatic rings. The van der Waals surface area contributed by atoms with Crippen molar-refractivity contribution < 1.29 is 19.7 Å². The Kier molecular flexibility index (Phi) is 5.85. The SMILES string of the molecule is COc1cccc(N2CCC(OCCO)CC2)c1[C@H](C)O. The van der Waals surface area contributed by atoms with E-state index >= 15 is 0 Å². The third kappa shape index (κ3) is 3.87. The molecule has 1 aliphatic heterocycles. The molecule has 118 valence electrons. The predicted octanol–water partition coefficient (Wildman–Crippen LogP) is 1.73. The van der Waals surface area contributed by atoms with Crippen LogP contribution in [0.3, 0.4) is 0 Å². The highest BCUT2D eigenvalue weighted by molar-refractivity contribution is 5.60. The predicted molar refractivity (Wildman–Crippen MR) is 81.9 cm³/mol. The maximum absolute atomic E-state index is 10.1. The minimum absolute atomic E-state index is 0.0717. The molecular formula is C16H25NO4. The second-order valence-corrected chi connectivity index (χ2v) is 5.35. The summed E-state index contributed by atoms with van der Waals surface area (Å²) < 4.78 is 11.0. The van der Waals surface area contributed by atoms with Crippen LogP contribution in [0, 0.1) is 0 Å². The highest BCUT2D eigenvalue weighted by atomic mass is 16.5. The van der Waals surface area contributed by atoms with Crippen molar-refractivity contribution in [3.05, 3.63) is 23.8 Å². The summed E-state index contributed by atoms with van der Waals surface area (Å²) in [5.41, 5.74) is 1.87. The Morgan fingerprint density at radius 1 is 1.33 bits per heavy atom. The highest BCUT2D eigenvalue weighted by Gasteiger charge is 2.24. The number of aliphatic hydroxyl groups is 2. The molecule has 1 aromatic rings. The standard InChI is InChI=1S/C16H25NO4/c1-12(19)16-14(4-3-5-15(16)20-2)17-8-6-13(7-9-17)21-11-10-18/h3-5,12-13,18-19H,6-11H2,1-2H3/t12-/m0/s1. The van der Waals surface area contributed by atoms with Crippen LogP contribution in [0.15, 0.2) is 18.2 Å². The van der Waals surface area contributed by atoms with Gasteiger partial charge in [-0.05, 0) is 31.9 Å². The normalized spacial score (nSPS) is 17.8. The molecule has 2 N–H and O–H groups in total. The Bertz CT molecular complexity index is 442. The first-order valence-electron chi connectivity index (χ1n) is 7.49. The minimum atomic E-state index is -0.570. The molecular weight excluding hydrogens is 270 g/mol. The van der Waals surface area contributed by atoms with Crippen LogP contribution >= 0.6 is 0 Å². The summed E-state index contributed by atoms with van der Waals surface area (Å²) in [7, 11) is 1.62. The fraction of sp³-hybridized carbons (Fsp3) is 0.625. The van der Waals surface area contributed by atoms with Crippen LogP contribution in [0.2, 0.25) is 0 Å². The molecule has 1 heterocycles. The lowest BCUT2D eigenvalue weighted by Gasteiger charge is -2.35. The maximum Gasteiger partial charge on any atom is 0.126 e. The zero-order chi connectivity index (χ0) is 15.2. The largest absolute Gasteiger partial charge is 0.496 e. The number of hydrogen-bond donors (Lipinski definition) is 2. The summed E-state index contributed by atoms with van der Waals surface area (Å²) >= 11 is 0. The van der Waals surface area contributed by atoms with E-state index in [-0.39, 0.29) is 12.7 Å². The van der Waals surface area contributed by atoms with Gasteiger partial charge in [-0.25, -0.2) is 0 Å². The summed E-state index contributed by atoms with van der Waals surface area (Å²) in [6, 6.07) is 5.86. The number of aliphatic hydroxyl groups excluding tert-OH is 2. The van der Waals surface area contributed by atoms with E-state index in [1.165, 1.54) is 0 Å². The molecule has 5 heteroatoms. The molecule has 2 rings (SSSR count). The molecule has 0 unspecified atom stereocenters. The first-order chi connectivity index (χ1) is 10.2. The highest BCUT2D eigenvalue weighted by Crippen LogP contribution is 2.35. The Morgan fingerprint density at radius 3 is 2.62 bits per heavy atom. The van der Waals surface area contributed by atoms with Crippen LogP contribution in [-0.2, 0) is 4.74 Å². The average Bonchev–Trinajstić information content (AvgIpc) is 2.52. The van der Waals surface area contributed by atoms with Crippen molar-refractivity contribution in [3.63, 3.8) is 0 Å². The van der Waals surface area contributed by atoms with Crippen LogP contribution < -0.4 is 9.64 Å². The Balaban J connectivity index is 2.09. The lowest BCUT2D eigenvalue weighted by molar-refractivity contribution is 0.0158. The van der Waals surface area contributed by atoms with E-state index in [2.05, 4.69) is 4.90 Å². The molecule has 0 bridgehead atoms. The molecule has 1 atom stereocenters. The third-order valence-corrected chi connectivity index (χ3v) is 3.91. The number of anilines is 1. The van der Waals surface area contributed by atoms with Gasteiger partial charge in [-0.3, -0.25) is 0 Å². The van der Waals surface area contributed by atoms with Gasteiger partial charge >= 0.3 is 0 Å². The van der Waals surface area contributed by atoms with Crippen molar-refractivity contribution in [2.75, 3.05) is 38.3 Å². The van der Waals surface area contributed by atoms with Crippen molar-refractivity contribution in [2.24, 2.45) is 0 Å². The smallest absolute Gasteiger partial charge is 0.126 e. The Morgan fingerprint density at radius 2 is 2.05 bits per heavy atom. The summed E-state index contributed by atoms with van der Waals surface area (Å²) in [5.74, 6) is 0.723. The van der Waals surface area contributed by atoms with E-state index in [0.717, 1.165) is 42.9 Å². The van der Waals surface area contributed by atoms with Gasteiger partial charge in [0.2, 0.25) is 0 Å². The van der Waals surface area contributed by atoms with E-state index in [1.807, 2.05) is 18.2 Å². The average molecular weight is 295 g/mol. The van der Waals surface area contributed by atoms with Gasteiger partial charge in [-0.15, -0.1) is 0 Å². The molecule has 21 heavy (non-hydrogen) atoms. The molecule has 1 saturated heterocycles. The molecule has 1 aromatic carbocycles. The van der Waals surface area contributed by atoms with Crippen molar-refractivity contribution >= 4 is 5.69 Å². The maximum atomic E-state index is 10.1. The van der Waals surface area contributed by atoms with E-state index in [4.69, 9.17) is 14.6 Å². The van der Waals surface area contributed by atoms with Crippen molar-refractivity contribution in [1.29, 1.82) is 0 Å². The lowest BCUT2D eigenvalue weighted by atomic mass is 10.0. The topological polar surface area (TPSA) is 62.2 Å². The van der Waals surface area contributed by atoms with Crippen LogP contribution in [0.25, 0.3) is 0 Å². The van der Waals surface area contributed by atoms with Crippen LogP contribution in [0.4, 0.5) is 5.69 Å². The quantitative estimate of drug-likeness (QED) is 0.837. The first kappa shape index (κ1) is 16.1. The van der Waals surface area contributed by atoms with Gasteiger partial charge in [0, 0.05) is 24.3 Å². The fourth-order valence-electron chi connectivity index (χ4n) is 2.89. The number of rotatable bonds is 6. The molecule has 0 saturated carbocycles. The van der Waals surface area contributed by atoms with Crippen molar-refractivity contribution in [2.45, 2.75) is 32.0 Å². The number of benzene rings is 1. The Labute approximate surface area is 126 Å². The van der Waals surface area contributed by atoms with Crippen LogP contribution in [0.1, 0.15) is 31.4 Å². The molecule has 0 aromatic heterocycles. The minimum Gasteiger partial charge on any atom is -0.496 e. The summed E-state index contributed by atoms with van der Waals surface area (Å²) in [6.07, 6.45) is 1.50. The number of hydrogen-bond acceptors (Lipinski definition) is 5. The van der Waals surface area contributed by atoms with Crippen molar-refractivity contribution in [1.82, 2.24) is 0 Å². The Hall–Kier alpha value is -1.30. The summed E-state index contributed by atoms with van der Waals surface area (Å²) in [4.78, 5) is 2.27. The van der Waals surface area contributed by atoms with Gasteiger partial charge in [-0.1, -0.05) is 6.07 Å². The number of methoxy groups -OCH3 is 1. The molecule has 0 amide bonds. The van der Waals surface area contributed by atoms with Gasteiger partial charge in [-0.2, -0.15) is 0 Å². The second-order valence-electron chi connectivity index (χ2n) is 5.35. The molecule has 0 spiro atoms. The van der Waals surface area contributed by atoms with Crippen molar-refractivity contribution in [3.8, 4) is 5.75 Å². The number of ether oxygens (including phenoxy) is 2. The summed E-state index contributed by atoms with van der Waals surface area (Å²) in [5, 5.41) is 18.9. The van der Waals surface area contributed by atoms with Gasteiger partial charge in [0.25, 0.3) is 0 Å². The van der Waals surface area contributed by atoms with Gasteiger partial charge in [0.1, 0.15) is 5.75 Å². The number of piperidine rings is 1. The molecule has 0 radical (unpaired) electrons. The van der Waals surface area contributed by atoms with E-state index in [9.17, 15) is 5.11 Å². The van der Waals surface area contributed by atoms with Crippen LogP contribution in [0.5, 0.6) is 5.75 Å². The molecule has 1 fully saturated rings. The monoisotopic (exact) mass is 295 g/mol. The van der Waals surface area contributed by atoms with E-state index in [0.29, 0.717) is 6.61 Å². The zero-order valence-electron chi connectivity index (χ0n) is 12.8. The third-order valence-electron chi connectivity index (χ3n) is 3.91. The first-order valence-corrected chi connectivity index (χ1v) is 7.49. The van der Waals surface area contributed by atoms with Gasteiger partial charge in [0.15, 0.2) is 0 Å². The molecule has 5 nitrogen and oxygen atoms in total. The second kappa shape index (κ2) is 7.64. The van der Waals surface area contributed by atoms with Gasteiger partial charge < -0.3 is 24.6 Å². The molecule has 0 aliphatic carbocycles. The zero-order valence-corrected chi connectivity index (χ0v) is 12.8.